The van der Waals surface area contributed by atoms with Crippen LogP contribution in [-0.4, -0.2) is 47.9 Å². The Hall–Kier alpha value is -2.16. The molecule has 1 aromatic rings. The second-order valence-electron chi connectivity index (χ2n) is 6.30. The molecule has 2 amide bonds. The predicted molar refractivity (Wildman–Crippen MR) is 85.1 cm³/mol. The molecule has 0 bridgehead atoms. The summed E-state index contributed by atoms with van der Waals surface area (Å²) in [5, 5.41) is 12.1. The third-order valence-electron chi connectivity index (χ3n) is 4.67. The second kappa shape index (κ2) is 6.86. The number of urea groups is 1. The van der Waals surface area contributed by atoms with Crippen LogP contribution in [0.15, 0.2) is 18.2 Å². The zero-order chi connectivity index (χ0) is 19.1. The number of hydrogen-bond acceptors (Lipinski definition) is 3. The molecule has 1 aromatic carbocycles. The van der Waals surface area contributed by atoms with E-state index in [-0.39, 0.29) is 0 Å². The van der Waals surface area contributed by atoms with Crippen molar-refractivity contribution in [3.63, 3.8) is 0 Å². The molecule has 0 aliphatic carbocycles. The maximum absolute atomic E-state index is 13.1. The van der Waals surface area contributed by atoms with Gasteiger partial charge in [0.2, 0.25) is 0 Å². The summed E-state index contributed by atoms with van der Waals surface area (Å²) in [6.07, 6.45) is -4.26. The van der Waals surface area contributed by atoms with Gasteiger partial charge in [0.1, 0.15) is 5.75 Å². The number of carboxylic acid groups (broad SMARTS) is 1. The van der Waals surface area contributed by atoms with Crippen molar-refractivity contribution in [1.29, 1.82) is 0 Å². The molecular formula is C16H16ClF3N2O4. The van der Waals surface area contributed by atoms with E-state index in [9.17, 15) is 22.8 Å². The molecule has 10 heteroatoms. The summed E-state index contributed by atoms with van der Waals surface area (Å²) in [5.41, 5.74) is 0.637. The van der Waals surface area contributed by atoms with Crippen LogP contribution in [0, 0.1) is 11.8 Å². The Labute approximate surface area is 151 Å². The van der Waals surface area contributed by atoms with Gasteiger partial charge in [-0.05, 0) is 6.07 Å². The van der Waals surface area contributed by atoms with Gasteiger partial charge in [0.25, 0.3) is 0 Å². The van der Waals surface area contributed by atoms with Crippen LogP contribution in [0.4, 0.5) is 18.0 Å². The van der Waals surface area contributed by atoms with Crippen molar-refractivity contribution in [2.24, 2.45) is 11.8 Å². The Kier molecular flexibility index (Phi) is 4.92. The van der Waals surface area contributed by atoms with Crippen molar-refractivity contribution < 1.29 is 32.6 Å². The smallest absolute Gasteiger partial charge is 0.394 e. The molecule has 2 N–H and O–H groups in total. The Morgan fingerprint density at radius 1 is 1.31 bits per heavy atom. The number of alkyl halides is 3. The van der Waals surface area contributed by atoms with Crippen LogP contribution in [-0.2, 0) is 4.79 Å². The van der Waals surface area contributed by atoms with Crippen molar-refractivity contribution in [2.75, 3.05) is 19.7 Å². The number of carboxylic acids is 1. The summed E-state index contributed by atoms with van der Waals surface area (Å²) < 4.78 is 44.6. The average Bonchev–Trinajstić information content (AvgIpc) is 3.02. The molecule has 2 heterocycles. The van der Waals surface area contributed by atoms with Crippen molar-refractivity contribution in [3.8, 4) is 5.75 Å². The molecular weight excluding hydrogens is 377 g/mol. The first-order chi connectivity index (χ1) is 12.2. The second-order valence-corrected chi connectivity index (χ2v) is 6.70. The molecule has 3 rings (SSSR count). The van der Waals surface area contributed by atoms with Gasteiger partial charge in [0.05, 0.1) is 29.5 Å². The number of likely N-dealkylation sites (tertiary alicyclic amines) is 1. The lowest BCUT2D eigenvalue weighted by Gasteiger charge is -2.29. The summed E-state index contributed by atoms with van der Waals surface area (Å²) >= 11 is 6.06. The highest BCUT2D eigenvalue weighted by atomic mass is 35.5. The van der Waals surface area contributed by atoms with Gasteiger partial charge in [-0.1, -0.05) is 23.7 Å². The molecule has 1 unspecified atom stereocenters. The molecule has 1 saturated heterocycles. The first-order valence-corrected chi connectivity index (χ1v) is 8.32. The number of carbonyl (C=O) groups is 2. The van der Waals surface area contributed by atoms with Crippen LogP contribution < -0.4 is 10.1 Å². The number of amides is 2. The molecule has 0 spiro atoms. The molecule has 142 valence electrons. The highest BCUT2D eigenvalue weighted by Crippen LogP contribution is 2.39. The van der Waals surface area contributed by atoms with Gasteiger partial charge >= 0.3 is 18.2 Å². The van der Waals surface area contributed by atoms with E-state index in [0.717, 1.165) is 4.90 Å². The molecule has 3 atom stereocenters. The van der Waals surface area contributed by atoms with Gasteiger partial charge in [0.15, 0.2) is 0 Å². The highest BCUT2D eigenvalue weighted by Gasteiger charge is 2.53. The van der Waals surface area contributed by atoms with E-state index < -0.39 is 49.1 Å². The normalized spacial score (nSPS) is 25.4. The minimum absolute atomic E-state index is 0.296. The Morgan fingerprint density at radius 3 is 2.65 bits per heavy atom. The van der Waals surface area contributed by atoms with E-state index in [1.54, 1.807) is 18.2 Å². The number of carbonyl (C=O) groups excluding carboxylic acids is 1. The highest BCUT2D eigenvalue weighted by molar-refractivity contribution is 6.32. The van der Waals surface area contributed by atoms with E-state index in [4.69, 9.17) is 21.4 Å². The minimum Gasteiger partial charge on any atom is -0.492 e. The number of fused-ring (bicyclic) bond motifs is 1. The van der Waals surface area contributed by atoms with Crippen LogP contribution in [0.5, 0.6) is 5.75 Å². The fourth-order valence-corrected chi connectivity index (χ4v) is 3.56. The molecule has 0 aromatic heterocycles. The quantitative estimate of drug-likeness (QED) is 0.810. The average molecular weight is 393 g/mol. The van der Waals surface area contributed by atoms with Crippen LogP contribution in [0.1, 0.15) is 18.0 Å². The van der Waals surface area contributed by atoms with Gasteiger partial charge in [0, 0.05) is 25.1 Å². The van der Waals surface area contributed by atoms with Crippen LogP contribution in [0.2, 0.25) is 5.02 Å². The fourth-order valence-electron chi connectivity index (χ4n) is 3.33. The van der Waals surface area contributed by atoms with Crippen LogP contribution in [0.3, 0.4) is 0 Å². The molecule has 2 aliphatic rings. The minimum atomic E-state index is -4.68. The summed E-state index contributed by atoms with van der Waals surface area (Å²) in [6, 6.07) is 3.83. The van der Waals surface area contributed by atoms with Gasteiger partial charge in [-0.2, -0.15) is 13.2 Å². The summed E-state index contributed by atoms with van der Waals surface area (Å²) in [6.45, 7) is -0.875. The third-order valence-corrected chi connectivity index (χ3v) is 4.97. The monoisotopic (exact) mass is 392 g/mol. The first-order valence-electron chi connectivity index (χ1n) is 7.94. The zero-order valence-electron chi connectivity index (χ0n) is 13.4. The van der Waals surface area contributed by atoms with Crippen LogP contribution in [0.25, 0.3) is 0 Å². The number of para-hydroxylation sites is 1. The Morgan fingerprint density at radius 2 is 2.04 bits per heavy atom. The van der Waals surface area contributed by atoms with E-state index >= 15 is 0 Å². The maximum Gasteiger partial charge on any atom is 0.394 e. The number of halogens is 4. The van der Waals surface area contributed by atoms with Crippen molar-refractivity contribution in [1.82, 2.24) is 10.2 Å². The van der Waals surface area contributed by atoms with Gasteiger partial charge in [-0.15, -0.1) is 0 Å². The SMILES string of the molecule is O=C(O)[C@@H]1CN(C(=O)NC2CCOc3c(Cl)cccc32)C[C@H]1C(F)(F)F. The standard InChI is InChI=1S/C16H16ClF3N2O4/c17-11-3-1-2-8-12(4-5-26-13(8)11)21-15(25)22-6-9(14(23)24)10(7-22)16(18,19)20/h1-3,9-10,12H,4-7H2,(H,21,25)(H,23,24)/t9-,10-,12?/m1/s1. The lowest BCUT2D eigenvalue weighted by Crippen LogP contribution is -2.42. The third kappa shape index (κ3) is 3.53. The number of nitrogens with one attached hydrogen (secondary N) is 1. The van der Waals surface area contributed by atoms with Crippen LogP contribution >= 0.6 is 11.6 Å². The molecule has 0 radical (unpaired) electrons. The van der Waals surface area contributed by atoms with Crippen molar-refractivity contribution in [3.05, 3.63) is 28.8 Å². The molecule has 6 nitrogen and oxygen atoms in total. The Bertz CT molecular complexity index is 728. The van der Waals surface area contributed by atoms with E-state index in [1.807, 2.05) is 0 Å². The summed E-state index contributed by atoms with van der Waals surface area (Å²) in [4.78, 5) is 24.5. The number of rotatable bonds is 2. The topological polar surface area (TPSA) is 78.9 Å². The maximum atomic E-state index is 13.1. The molecule has 2 aliphatic heterocycles. The number of nitrogens with zero attached hydrogens (tertiary/aromatic N) is 1. The Balaban J connectivity index is 1.74. The van der Waals surface area contributed by atoms with Gasteiger partial charge < -0.3 is 20.1 Å². The van der Waals surface area contributed by atoms with E-state index in [1.165, 1.54) is 0 Å². The van der Waals surface area contributed by atoms with Gasteiger partial charge in [-0.3, -0.25) is 4.79 Å². The lowest BCUT2D eigenvalue weighted by molar-refractivity contribution is -0.187. The first kappa shape index (κ1) is 18.6. The fraction of sp³-hybridized carbons (Fsp3) is 0.500. The van der Waals surface area contributed by atoms with Crippen molar-refractivity contribution >= 4 is 23.6 Å². The predicted octanol–water partition coefficient (Wildman–Crippen LogP) is 3.07. The van der Waals surface area contributed by atoms with E-state index in [0.29, 0.717) is 29.4 Å². The van der Waals surface area contributed by atoms with E-state index in [2.05, 4.69) is 5.32 Å². The summed E-state index contributed by atoms with van der Waals surface area (Å²) in [5.74, 6) is -4.88. The van der Waals surface area contributed by atoms with Crippen molar-refractivity contribution in [2.45, 2.75) is 18.6 Å². The largest absolute Gasteiger partial charge is 0.492 e. The zero-order valence-corrected chi connectivity index (χ0v) is 14.2. The lowest BCUT2D eigenvalue weighted by atomic mass is 9.96. The van der Waals surface area contributed by atoms with Gasteiger partial charge in [-0.25, -0.2) is 4.79 Å². The number of hydrogen-bond donors (Lipinski definition) is 2. The summed E-state index contributed by atoms with van der Waals surface area (Å²) in [7, 11) is 0. The molecule has 26 heavy (non-hydrogen) atoms. The number of ether oxygens (including phenoxy) is 1. The number of aliphatic carboxylic acids is 1. The molecule has 0 saturated carbocycles. The molecule has 1 fully saturated rings. The number of benzene rings is 1.